The second-order valence-corrected chi connectivity index (χ2v) is 6.85. The van der Waals surface area contributed by atoms with Crippen LogP contribution in [0.4, 0.5) is 25.4 Å². The molecule has 0 spiro atoms. The van der Waals surface area contributed by atoms with Crippen LogP contribution in [0.3, 0.4) is 0 Å². The van der Waals surface area contributed by atoms with Crippen LogP contribution in [0.15, 0.2) is 18.2 Å². The van der Waals surface area contributed by atoms with Crippen LogP contribution in [0.5, 0.6) is 0 Å². The van der Waals surface area contributed by atoms with E-state index in [1.807, 2.05) is 4.90 Å². The number of nitrogens with zero attached hydrogens (tertiary/aromatic N) is 2. The summed E-state index contributed by atoms with van der Waals surface area (Å²) in [4.78, 5) is 36.1. The molecule has 0 saturated carbocycles. The number of nitrogens with one attached hydrogen (secondary N) is 2. The Labute approximate surface area is 173 Å². The van der Waals surface area contributed by atoms with Crippen LogP contribution < -0.4 is 20.4 Å². The third-order valence-corrected chi connectivity index (χ3v) is 4.65. The van der Waals surface area contributed by atoms with Crippen LogP contribution in [0.25, 0.3) is 0 Å². The second-order valence-electron chi connectivity index (χ2n) is 6.85. The number of benzene rings is 1. The summed E-state index contributed by atoms with van der Waals surface area (Å²) in [6.07, 6.45) is -1.28. The Morgan fingerprint density at radius 3 is 2.60 bits per heavy atom. The zero-order valence-electron chi connectivity index (χ0n) is 16.7. The number of carbonyl (C=O) groups is 3. The average Bonchev–Trinajstić information content (AvgIpc) is 3.36. The Morgan fingerprint density at radius 1 is 1.27 bits per heavy atom. The molecule has 0 aromatic heterocycles. The van der Waals surface area contributed by atoms with Gasteiger partial charge in [-0.1, -0.05) is 0 Å². The van der Waals surface area contributed by atoms with Crippen LogP contribution in [-0.2, 0) is 19.0 Å². The maximum Gasteiger partial charge on any atom is 0.414 e. The third-order valence-electron chi connectivity index (χ3n) is 4.65. The minimum atomic E-state index is -0.538. The van der Waals surface area contributed by atoms with E-state index in [2.05, 4.69) is 15.4 Å². The van der Waals surface area contributed by atoms with Gasteiger partial charge in [0.2, 0.25) is 5.91 Å². The van der Waals surface area contributed by atoms with Crippen LogP contribution >= 0.6 is 0 Å². The van der Waals surface area contributed by atoms with Gasteiger partial charge in [-0.3, -0.25) is 9.69 Å². The van der Waals surface area contributed by atoms with E-state index in [1.54, 1.807) is 12.1 Å². The summed E-state index contributed by atoms with van der Waals surface area (Å²) in [5.41, 5.74) is 0.948. The van der Waals surface area contributed by atoms with E-state index in [1.165, 1.54) is 17.9 Å². The molecule has 0 bridgehead atoms. The molecule has 1 aromatic rings. The molecule has 2 N–H and O–H groups in total. The smallest absolute Gasteiger partial charge is 0.414 e. The van der Waals surface area contributed by atoms with E-state index in [0.29, 0.717) is 50.8 Å². The maximum atomic E-state index is 14.4. The van der Waals surface area contributed by atoms with E-state index >= 15 is 0 Å². The summed E-state index contributed by atoms with van der Waals surface area (Å²) < 4.78 is 29.3. The van der Waals surface area contributed by atoms with Crippen molar-refractivity contribution in [3.05, 3.63) is 24.0 Å². The zero-order chi connectivity index (χ0) is 21.5. The largest absolute Gasteiger partial charge is 0.448 e. The fraction of sp³-hybridized carbons (Fsp3) is 0.526. The summed E-state index contributed by atoms with van der Waals surface area (Å²) in [7, 11) is 0. The molecule has 3 heterocycles. The standard InChI is InChI=1S/C16H20FN3O4.C3H5NO2/c1-11(21)18-9-13-10-20(16(22)24-13)12-2-3-15(14(17)8-12)19-4-6-23-7-5-19;5-3-4-1-2-6-3/h2-3,8,13H,4-7,9-10H2,1H3,(H,18,21);1-2H2,(H,4,5)/t13-;/m0./s1. The fourth-order valence-corrected chi connectivity index (χ4v) is 3.17. The topological polar surface area (TPSA) is 109 Å². The Morgan fingerprint density at radius 2 is 2.03 bits per heavy atom. The molecule has 3 saturated heterocycles. The van der Waals surface area contributed by atoms with Crippen LogP contribution in [0.1, 0.15) is 6.92 Å². The van der Waals surface area contributed by atoms with Crippen molar-refractivity contribution in [3.63, 3.8) is 0 Å². The first-order valence-corrected chi connectivity index (χ1v) is 9.69. The Hall–Kier alpha value is -3.08. The summed E-state index contributed by atoms with van der Waals surface area (Å²) >= 11 is 0. The highest BCUT2D eigenvalue weighted by Crippen LogP contribution is 2.28. The van der Waals surface area contributed by atoms with Gasteiger partial charge in [0.05, 0.1) is 44.2 Å². The van der Waals surface area contributed by atoms with E-state index in [4.69, 9.17) is 9.47 Å². The quantitative estimate of drug-likeness (QED) is 0.738. The minimum Gasteiger partial charge on any atom is -0.448 e. The molecule has 30 heavy (non-hydrogen) atoms. The number of hydrogen-bond donors (Lipinski definition) is 2. The molecule has 10 nitrogen and oxygen atoms in total. The highest BCUT2D eigenvalue weighted by Gasteiger charge is 2.33. The molecule has 1 aromatic carbocycles. The Kier molecular flexibility index (Phi) is 7.28. The molecule has 1 atom stereocenters. The van der Waals surface area contributed by atoms with Gasteiger partial charge in [-0.05, 0) is 18.2 Å². The van der Waals surface area contributed by atoms with E-state index in [0.717, 1.165) is 0 Å². The number of anilines is 2. The number of amides is 3. The molecule has 3 aliphatic heterocycles. The Bertz CT molecular complexity index is 778. The van der Waals surface area contributed by atoms with Crippen molar-refractivity contribution in [1.29, 1.82) is 0 Å². The van der Waals surface area contributed by atoms with Gasteiger partial charge in [0, 0.05) is 20.0 Å². The first-order valence-electron chi connectivity index (χ1n) is 9.69. The van der Waals surface area contributed by atoms with Crippen LogP contribution in [-0.4, -0.2) is 76.7 Å². The molecule has 0 aliphatic carbocycles. The first-order chi connectivity index (χ1) is 14.4. The van der Waals surface area contributed by atoms with Gasteiger partial charge >= 0.3 is 12.2 Å². The molecule has 0 unspecified atom stereocenters. The van der Waals surface area contributed by atoms with E-state index < -0.39 is 12.2 Å². The summed E-state index contributed by atoms with van der Waals surface area (Å²) in [5, 5.41) is 5.07. The molecular formula is C19H25FN4O6. The average molecular weight is 424 g/mol. The second kappa shape index (κ2) is 10.1. The lowest BCUT2D eigenvalue weighted by Gasteiger charge is -2.29. The molecular weight excluding hydrogens is 399 g/mol. The van der Waals surface area contributed by atoms with Crippen molar-refractivity contribution in [2.45, 2.75) is 13.0 Å². The number of morpholine rings is 1. The molecule has 3 amide bonds. The van der Waals surface area contributed by atoms with Crippen molar-refractivity contribution < 1.29 is 33.0 Å². The van der Waals surface area contributed by atoms with Gasteiger partial charge in [-0.15, -0.1) is 0 Å². The van der Waals surface area contributed by atoms with Gasteiger partial charge in [-0.25, -0.2) is 14.0 Å². The van der Waals surface area contributed by atoms with Crippen molar-refractivity contribution >= 4 is 29.5 Å². The predicted molar refractivity (Wildman–Crippen MR) is 105 cm³/mol. The van der Waals surface area contributed by atoms with Crippen molar-refractivity contribution in [2.24, 2.45) is 0 Å². The number of rotatable bonds is 4. The number of alkyl carbamates (subject to hydrolysis) is 1. The van der Waals surface area contributed by atoms with Gasteiger partial charge in [0.25, 0.3) is 0 Å². The predicted octanol–water partition coefficient (Wildman–Crippen LogP) is 0.850. The summed E-state index contributed by atoms with van der Waals surface area (Å²) in [6.45, 7) is 5.53. The van der Waals surface area contributed by atoms with E-state index in [-0.39, 0.29) is 30.9 Å². The number of ether oxygens (including phenoxy) is 3. The van der Waals surface area contributed by atoms with Crippen LogP contribution in [0.2, 0.25) is 0 Å². The zero-order valence-corrected chi connectivity index (χ0v) is 16.7. The highest BCUT2D eigenvalue weighted by atomic mass is 19.1. The molecule has 3 aliphatic rings. The van der Waals surface area contributed by atoms with Gasteiger partial charge in [-0.2, -0.15) is 0 Å². The summed E-state index contributed by atoms with van der Waals surface area (Å²) in [5.74, 6) is -0.571. The monoisotopic (exact) mass is 424 g/mol. The molecule has 4 rings (SSSR count). The van der Waals surface area contributed by atoms with Gasteiger partial charge < -0.3 is 29.7 Å². The van der Waals surface area contributed by atoms with Crippen molar-refractivity contribution in [2.75, 3.05) is 62.3 Å². The fourth-order valence-electron chi connectivity index (χ4n) is 3.17. The van der Waals surface area contributed by atoms with E-state index in [9.17, 15) is 18.8 Å². The lowest BCUT2D eigenvalue weighted by molar-refractivity contribution is -0.119. The number of carbonyl (C=O) groups excluding carboxylic acids is 3. The van der Waals surface area contributed by atoms with Gasteiger partial charge in [0.1, 0.15) is 18.5 Å². The number of cyclic esters (lactones) is 2. The molecule has 164 valence electrons. The molecule has 3 fully saturated rings. The van der Waals surface area contributed by atoms with Gasteiger partial charge in [0.15, 0.2) is 0 Å². The van der Waals surface area contributed by atoms with Crippen LogP contribution in [0, 0.1) is 5.82 Å². The maximum absolute atomic E-state index is 14.4. The van der Waals surface area contributed by atoms with Crippen molar-refractivity contribution in [1.82, 2.24) is 10.6 Å². The molecule has 11 heteroatoms. The minimum absolute atomic E-state index is 0.189. The summed E-state index contributed by atoms with van der Waals surface area (Å²) in [6, 6.07) is 4.72. The molecule has 0 radical (unpaired) electrons. The van der Waals surface area contributed by atoms with Crippen molar-refractivity contribution in [3.8, 4) is 0 Å². The SMILES string of the molecule is CC(=O)NC[C@H]1CN(c2ccc(N3CCOCC3)c(F)c2)C(=O)O1.O=C1NCCO1. The number of halogens is 1. The number of hydrogen-bond acceptors (Lipinski definition) is 7. The Balaban J connectivity index is 0.000000367. The lowest BCUT2D eigenvalue weighted by Crippen LogP contribution is -2.36. The lowest BCUT2D eigenvalue weighted by atomic mass is 10.2. The normalized spacial score (nSPS) is 20.7. The first kappa shape index (κ1) is 21.6. The third kappa shape index (κ3) is 5.72. The highest BCUT2D eigenvalue weighted by molar-refractivity contribution is 5.90.